The Hall–Kier alpha value is -4.67. The molecule has 0 saturated heterocycles. The number of amides is 2. The molecule has 3 aromatic carbocycles. The standard InChI is InChI=1S/C35H33ClN4O5S/c1-21-14-15-26(22(2)17-21)40-35-32(33(38-40)31-27(43-3)12-7-13-28(31)44-4)34(24-10-5-6-11-25(24)36)46-20-30(42)39(35)19-29(41)37-18-23-9-8-16-45-23/h5-17,34H,18-20H2,1-4H3,(H,37,41)/t34-/m0/s1. The number of hydrogen-bond acceptors (Lipinski definition) is 7. The van der Waals surface area contributed by atoms with E-state index in [1.807, 2.05) is 68.4 Å². The first kappa shape index (κ1) is 31.3. The lowest BCUT2D eigenvalue weighted by Gasteiger charge is -2.24. The van der Waals surface area contributed by atoms with Gasteiger partial charge in [-0.15, -0.1) is 11.8 Å². The van der Waals surface area contributed by atoms with Gasteiger partial charge in [0.05, 0.1) is 49.3 Å². The molecule has 11 heteroatoms. The number of halogens is 1. The predicted octanol–water partition coefficient (Wildman–Crippen LogP) is 6.91. The molecule has 0 unspecified atom stereocenters. The van der Waals surface area contributed by atoms with Gasteiger partial charge in [0, 0.05) is 10.6 Å². The third kappa shape index (κ3) is 5.98. The Morgan fingerprint density at radius 3 is 2.48 bits per heavy atom. The van der Waals surface area contributed by atoms with Gasteiger partial charge in [-0.3, -0.25) is 14.5 Å². The molecule has 5 aromatic rings. The van der Waals surface area contributed by atoms with Crippen molar-refractivity contribution in [3.8, 4) is 28.4 Å². The maximum absolute atomic E-state index is 14.1. The number of thioether (sulfide) groups is 1. The number of carbonyl (C=O) groups is 2. The minimum Gasteiger partial charge on any atom is -0.496 e. The van der Waals surface area contributed by atoms with Crippen molar-refractivity contribution in [3.63, 3.8) is 0 Å². The monoisotopic (exact) mass is 656 g/mol. The van der Waals surface area contributed by atoms with E-state index in [0.29, 0.717) is 44.9 Å². The summed E-state index contributed by atoms with van der Waals surface area (Å²) in [6, 6.07) is 22.7. The summed E-state index contributed by atoms with van der Waals surface area (Å²) < 4.78 is 18.9. The molecule has 2 aromatic heterocycles. The largest absolute Gasteiger partial charge is 0.496 e. The number of aryl methyl sites for hydroxylation is 2. The molecular formula is C35H33ClN4O5S. The second kappa shape index (κ2) is 13.4. The van der Waals surface area contributed by atoms with E-state index in [2.05, 4.69) is 11.4 Å². The average Bonchev–Trinajstić information content (AvgIpc) is 3.68. The molecule has 2 amide bonds. The predicted molar refractivity (Wildman–Crippen MR) is 180 cm³/mol. The van der Waals surface area contributed by atoms with Crippen LogP contribution in [0, 0.1) is 13.8 Å². The van der Waals surface area contributed by atoms with Gasteiger partial charge in [0.25, 0.3) is 0 Å². The quantitative estimate of drug-likeness (QED) is 0.184. The number of nitrogens with one attached hydrogen (secondary N) is 1. The number of furan rings is 1. The molecule has 236 valence electrons. The first-order valence-corrected chi connectivity index (χ1v) is 16.1. The van der Waals surface area contributed by atoms with Crippen LogP contribution in [0.15, 0.2) is 83.5 Å². The number of fused-ring (bicyclic) bond motifs is 1. The van der Waals surface area contributed by atoms with E-state index in [1.165, 1.54) is 16.7 Å². The Bertz CT molecular complexity index is 1880. The van der Waals surface area contributed by atoms with Gasteiger partial charge < -0.3 is 19.2 Å². The van der Waals surface area contributed by atoms with Crippen LogP contribution in [0.4, 0.5) is 5.82 Å². The molecule has 1 atom stereocenters. The number of aromatic nitrogens is 2. The van der Waals surface area contributed by atoms with E-state index < -0.39 is 5.25 Å². The van der Waals surface area contributed by atoms with Crippen molar-refractivity contribution in [1.82, 2.24) is 15.1 Å². The molecule has 46 heavy (non-hydrogen) atoms. The van der Waals surface area contributed by atoms with Crippen molar-refractivity contribution in [1.29, 1.82) is 0 Å². The first-order chi connectivity index (χ1) is 22.3. The highest BCUT2D eigenvalue weighted by Gasteiger charge is 2.39. The lowest BCUT2D eigenvalue weighted by Crippen LogP contribution is -2.42. The normalized spacial score (nSPS) is 14.5. The molecule has 0 spiro atoms. The Kier molecular flexibility index (Phi) is 9.10. The summed E-state index contributed by atoms with van der Waals surface area (Å²) in [4.78, 5) is 29.1. The third-order valence-electron chi connectivity index (χ3n) is 7.86. The van der Waals surface area contributed by atoms with E-state index >= 15 is 0 Å². The SMILES string of the molecule is COc1cccc(OC)c1-c1nn(-c2ccc(C)cc2C)c2c1[C@H](c1ccccc1Cl)SCC(=O)N2CC(=O)NCc1ccco1. The molecule has 0 radical (unpaired) electrons. The highest BCUT2D eigenvalue weighted by atomic mass is 35.5. The highest BCUT2D eigenvalue weighted by Crippen LogP contribution is 2.52. The second-order valence-corrected chi connectivity index (χ2v) is 12.4. The van der Waals surface area contributed by atoms with Crippen LogP contribution in [0.3, 0.4) is 0 Å². The number of hydrogen-bond donors (Lipinski definition) is 1. The van der Waals surface area contributed by atoms with Gasteiger partial charge in [-0.2, -0.15) is 5.10 Å². The summed E-state index contributed by atoms with van der Waals surface area (Å²) >= 11 is 8.28. The average molecular weight is 657 g/mol. The van der Waals surface area contributed by atoms with Crippen molar-refractivity contribution in [2.75, 3.05) is 31.4 Å². The van der Waals surface area contributed by atoms with Crippen LogP contribution in [0.1, 0.15) is 33.3 Å². The van der Waals surface area contributed by atoms with E-state index in [0.717, 1.165) is 22.4 Å². The Balaban J connectivity index is 1.64. The van der Waals surface area contributed by atoms with E-state index in [9.17, 15) is 9.59 Å². The molecule has 9 nitrogen and oxygen atoms in total. The molecule has 0 fully saturated rings. The zero-order chi connectivity index (χ0) is 32.4. The van der Waals surface area contributed by atoms with Crippen LogP contribution < -0.4 is 19.7 Å². The van der Waals surface area contributed by atoms with Crippen LogP contribution in [0.2, 0.25) is 5.02 Å². The summed E-state index contributed by atoms with van der Waals surface area (Å²) in [6.07, 6.45) is 1.55. The summed E-state index contributed by atoms with van der Waals surface area (Å²) in [5.41, 5.74) is 5.51. The molecule has 3 heterocycles. The number of methoxy groups -OCH3 is 2. The summed E-state index contributed by atoms with van der Waals surface area (Å²) in [5.74, 6) is 1.70. The van der Waals surface area contributed by atoms with Gasteiger partial charge in [0.2, 0.25) is 11.8 Å². The van der Waals surface area contributed by atoms with Crippen molar-refractivity contribution in [2.45, 2.75) is 25.6 Å². The molecule has 1 aliphatic rings. The minimum atomic E-state index is -0.423. The Morgan fingerprint density at radius 2 is 1.80 bits per heavy atom. The van der Waals surface area contributed by atoms with Gasteiger partial charge in [0.1, 0.15) is 35.3 Å². The fourth-order valence-electron chi connectivity index (χ4n) is 5.73. The van der Waals surface area contributed by atoms with E-state index in [4.69, 9.17) is 30.6 Å². The van der Waals surface area contributed by atoms with Crippen molar-refractivity contribution in [3.05, 3.63) is 112 Å². The summed E-state index contributed by atoms with van der Waals surface area (Å²) in [6.45, 7) is 3.98. The molecule has 0 bridgehead atoms. The fourth-order valence-corrected chi connectivity index (χ4v) is 7.27. The maximum Gasteiger partial charge on any atom is 0.240 e. The van der Waals surface area contributed by atoms with Crippen molar-refractivity contribution < 1.29 is 23.5 Å². The molecule has 0 aliphatic carbocycles. The number of carbonyl (C=O) groups excluding carboxylic acids is 2. The van der Waals surface area contributed by atoms with Crippen LogP contribution >= 0.6 is 23.4 Å². The van der Waals surface area contributed by atoms with Crippen molar-refractivity contribution >= 4 is 41.0 Å². The summed E-state index contributed by atoms with van der Waals surface area (Å²) in [5, 5.41) is 8.24. The zero-order valence-corrected chi connectivity index (χ0v) is 27.4. The van der Waals surface area contributed by atoms with Crippen molar-refractivity contribution in [2.24, 2.45) is 0 Å². The molecule has 0 saturated carbocycles. The van der Waals surface area contributed by atoms with Gasteiger partial charge >= 0.3 is 0 Å². The number of nitrogens with zero attached hydrogens (tertiary/aromatic N) is 3. The van der Waals surface area contributed by atoms with E-state index in [1.54, 1.807) is 37.3 Å². The van der Waals surface area contributed by atoms with Crippen LogP contribution in [0.25, 0.3) is 16.9 Å². The van der Waals surface area contributed by atoms with Crippen LogP contribution in [0.5, 0.6) is 11.5 Å². The number of rotatable bonds is 9. The lowest BCUT2D eigenvalue weighted by molar-refractivity contribution is -0.123. The van der Waals surface area contributed by atoms with Gasteiger partial charge in [0.15, 0.2) is 0 Å². The number of ether oxygens (including phenoxy) is 2. The van der Waals surface area contributed by atoms with Crippen LogP contribution in [-0.2, 0) is 16.1 Å². The smallest absolute Gasteiger partial charge is 0.240 e. The topological polar surface area (TPSA) is 98.8 Å². The molecular weight excluding hydrogens is 624 g/mol. The lowest BCUT2D eigenvalue weighted by atomic mass is 9.98. The minimum absolute atomic E-state index is 0.103. The van der Waals surface area contributed by atoms with Gasteiger partial charge in [-0.05, 0) is 61.4 Å². The van der Waals surface area contributed by atoms with E-state index in [-0.39, 0.29) is 30.7 Å². The fraction of sp³-hybridized carbons (Fsp3) is 0.229. The third-order valence-corrected chi connectivity index (χ3v) is 9.44. The molecule has 1 N–H and O–H groups in total. The number of anilines is 1. The summed E-state index contributed by atoms with van der Waals surface area (Å²) in [7, 11) is 3.19. The Labute approximate surface area is 276 Å². The zero-order valence-electron chi connectivity index (χ0n) is 25.9. The van der Waals surface area contributed by atoms with Crippen LogP contribution in [-0.4, -0.2) is 48.1 Å². The first-order valence-electron chi connectivity index (χ1n) is 14.7. The van der Waals surface area contributed by atoms with Gasteiger partial charge in [-0.25, -0.2) is 4.68 Å². The molecule has 6 rings (SSSR count). The maximum atomic E-state index is 14.1. The second-order valence-electron chi connectivity index (χ2n) is 10.9. The van der Waals surface area contributed by atoms with Gasteiger partial charge in [-0.1, -0.05) is 53.6 Å². The molecule has 1 aliphatic heterocycles. The highest BCUT2D eigenvalue weighted by molar-refractivity contribution is 8.00. The Morgan fingerprint density at radius 1 is 1.04 bits per heavy atom. The number of benzene rings is 3.